The molecule has 2 aromatic heterocycles. The summed E-state index contributed by atoms with van der Waals surface area (Å²) in [6, 6.07) is 116. The molecular weight excluding hydrogens is 1110 g/mol. The minimum Gasteiger partial charge on any atom is -0.311 e. The van der Waals surface area contributed by atoms with E-state index in [0.717, 1.165) is 79.6 Å². The van der Waals surface area contributed by atoms with Crippen LogP contribution in [0.15, 0.2) is 315 Å². The van der Waals surface area contributed by atoms with Crippen LogP contribution in [0.5, 0.6) is 0 Å². The third-order valence-electron chi connectivity index (χ3n) is 17.9. The predicted octanol–water partition coefficient (Wildman–Crippen LogP) is 18.1. The van der Waals surface area contributed by atoms with Gasteiger partial charge in [0.05, 0.1) is 27.8 Å². The number of nitrogens with zero attached hydrogens (tertiary/aromatic N) is 6. The Morgan fingerprint density at radius 3 is 1.07 bits per heavy atom. The van der Waals surface area contributed by atoms with Crippen molar-refractivity contribution >= 4 is 179 Å². The first-order valence-corrected chi connectivity index (χ1v) is 31.7. The number of hydrogen-bond donors (Lipinski definition) is 0. The second-order valence-electron chi connectivity index (χ2n) is 22.8. The van der Waals surface area contributed by atoms with Gasteiger partial charge >= 0.3 is 0 Å². The first kappa shape index (κ1) is 50.5. The normalized spacial score (nSPS) is 13.1. The molecule has 0 radical (unpaired) electrons. The van der Waals surface area contributed by atoms with Gasteiger partial charge in [0, 0.05) is 88.2 Å². The van der Waals surface area contributed by atoms with Crippen molar-refractivity contribution in [3.05, 3.63) is 315 Å². The highest BCUT2D eigenvalue weighted by atomic mass is 32.1. The number of rotatable bonds is 10. The van der Waals surface area contributed by atoms with Crippen LogP contribution < -0.4 is 60.8 Å². The van der Waals surface area contributed by atoms with Gasteiger partial charge in [-0.25, -0.2) is 0 Å². The molecule has 12 aromatic carbocycles. The van der Waals surface area contributed by atoms with Crippen molar-refractivity contribution in [2.24, 2.45) is 0 Å². The second-order valence-corrected chi connectivity index (χ2v) is 24.9. The molecule has 0 aliphatic carbocycles. The molecule has 18 rings (SSSR count). The molecular formula is C78H52B2N6S2. The summed E-state index contributed by atoms with van der Waals surface area (Å²) in [4.78, 5) is 15.3. The highest BCUT2D eigenvalue weighted by Gasteiger charge is 2.53. The van der Waals surface area contributed by atoms with E-state index >= 15 is 0 Å². The lowest BCUT2D eigenvalue weighted by atomic mass is 9.35. The van der Waals surface area contributed by atoms with E-state index in [-0.39, 0.29) is 13.4 Å². The van der Waals surface area contributed by atoms with E-state index in [2.05, 4.69) is 345 Å². The average molecular weight is 1160 g/mol. The van der Waals surface area contributed by atoms with Crippen LogP contribution in [0, 0.1) is 0 Å². The molecule has 0 atom stereocenters. The molecule has 4 aliphatic heterocycles. The molecule has 6 heterocycles. The lowest BCUT2D eigenvalue weighted by molar-refractivity contribution is 1.21. The van der Waals surface area contributed by atoms with Crippen LogP contribution in [-0.2, 0) is 0 Å². The topological polar surface area (TPSA) is 19.4 Å². The van der Waals surface area contributed by atoms with Gasteiger partial charge < -0.3 is 29.4 Å². The van der Waals surface area contributed by atoms with E-state index < -0.39 is 0 Å². The lowest BCUT2D eigenvalue weighted by Crippen LogP contribution is -2.60. The third kappa shape index (κ3) is 7.75. The molecule has 0 fully saturated rings. The zero-order valence-electron chi connectivity index (χ0n) is 47.7. The SMILES string of the molecule is c1ccc(N(c2ccccc2)c2cc3c4c(c2)N(c2ccccc2)c2c(sc5c2N(c2ccccc2)c2cc(N(c6ccccc6)c6ccccc6)cc6c2B5c2c(sc5ccccc25)N6c2ccccc2)B4c2ccccc2N3c2ccccc2)cc1. The van der Waals surface area contributed by atoms with E-state index in [1.165, 1.54) is 63.6 Å². The summed E-state index contributed by atoms with van der Waals surface area (Å²) in [5, 5.41) is 2.52. The molecule has 0 saturated heterocycles. The van der Waals surface area contributed by atoms with E-state index in [1.54, 1.807) is 0 Å². The van der Waals surface area contributed by atoms with Crippen LogP contribution in [-0.4, -0.2) is 13.4 Å². The Morgan fingerprint density at radius 1 is 0.261 bits per heavy atom. The highest BCUT2D eigenvalue weighted by Crippen LogP contribution is 2.56. The molecule has 0 amide bonds. The van der Waals surface area contributed by atoms with E-state index in [9.17, 15) is 0 Å². The molecule has 0 spiro atoms. The Morgan fingerprint density at radius 2 is 0.602 bits per heavy atom. The lowest BCUT2D eigenvalue weighted by Gasteiger charge is -2.46. The minimum atomic E-state index is -0.153. The Hall–Kier alpha value is -10.8. The van der Waals surface area contributed by atoms with Crippen LogP contribution in [0.25, 0.3) is 10.1 Å². The van der Waals surface area contributed by atoms with Crippen molar-refractivity contribution in [2.45, 2.75) is 0 Å². The molecule has 0 N–H and O–H groups in total. The van der Waals surface area contributed by atoms with Crippen LogP contribution in [0.1, 0.15) is 0 Å². The summed E-state index contributed by atoms with van der Waals surface area (Å²) in [5.74, 6) is 0. The van der Waals surface area contributed by atoms with Crippen molar-refractivity contribution in [1.29, 1.82) is 0 Å². The Bertz CT molecular complexity index is 4880. The second kappa shape index (κ2) is 20.5. The summed E-state index contributed by atoms with van der Waals surface area (Å²) in [6.45, 7) is -0.298. The molecule has 14 aromatic rings. The summed E-state index contributed by atoms with van der Waals surface area (Å²) in [5.41, 5.74) is 24.2. The molecule has 412 valence electrons. The highest BCUT2D eigenvalue weighted by molar-refractivity contribution is 7.40. The largest absolute Gasteiger partial charge is 0.311 e. The van der Waals surface area contributed by atoms with Crippen LogP contribution in [0.3, 0.4) is 0 Å². The number of benzene rings is 12. The summed E-state index contributed by atoms with van der Waals surface area (Å²) >= 11 is 3.92. The van der Waals surface area contributed by atoms with Gasteiger partial charge in [-0.1, -0.05) is 182 Å². The maximum Gasteiger partial charge on any atom is 0.266 e. The Kier molecular flexibility index (Phi) is 11.7. The van der Waals surface area contributed by atoms with Gasteiger partial charge in [0.2, 0.25) is 0 Å². The first-order chi connectivity index (χ1) is 43.7. The molecule has 88 heavy (non-hydrogen) atoms. The van der Waals surface area contributed by atoms with Crippen molar-refractivity contribution in [1.82, 2.24) is 0 Å². The smallest absolute Gasteiger partial charge is 0.266 e. The zero-order chi connectivity index (χ0) is 57.8. The summed E-state index contributed by atoms with van der Waals surface area (Å²) in [6.07, 6.45) is 0. The maximum absolute atomic E-state index is 2.65. The van der Waals surface area contributed by atoms with Crippen molar-refractivity contribution in [3.8, 4) is 0 Å². The van der Waals surface area contributed by atoms with Gasteiger partial charge in [0.1, 0.15) is 0 Å². The Balaban J connectivity index is 1.00. The van der Waals surface area contributed by atoms with Gasteiger partial charge in [-0.05, 0) is 161 Å². The van der Waals surface area contributed by atoms with Gasteiger partial charge in [-0.3, -0.25) is 0 Å². The number of hydrogen-bond acceptors (Lipinski definition) is 8. The monoisotopic (exact) mass is 1160 g/mol. The number of fused-ring (bicyclic) bond motifs is 11. The first-order valence-electron chi connectivity index (χ1n) is 30.1. The fraction of sp³-hybridized carbons (Fsp3) is 0. The molecule has 6 nitrogen and oxygen atoms in total. The van der Waals surface area contributed by atoms with Crippen molar-refractivity contribution in [3.63, 3.8) is 0 Å². The molecule has 10 heteroatoms. The van der Waals surface area contributed by atoms with Crippen LogP contribution >= 0.6 is 22.7 Å². The molecule has 0 unspecified atom stereocenters. The van der Waals surface area contributed by atoms with Crippen LogP contribution in [0.2, 0.25) is 0 Å². The fourth-order valence-electron chi connectivity index (χ4n) is 14.4. The zero-order valence-corrected chi connectivity index (χ0v) is 49.3. The molecule has 0 bridgehead atoms. The Labute approximate surface area is 520 Å². The standard InChI is InChI=1S/C78H52B2N6S2/c1-9-29-53(30-10-1)81(54-31-11-2-12-32-54)61-49-66-72-67(50-61)84(58-39-19-6-20-40-58)74-75-77(88-76(74)79(72)64-46-26-27-47-65(64)83(66)57-37-17-5-18-38-57)80-71-63-45-25-28-48-70(63)87-78(71)86(60-43-23-8-24-44-60)69-52-62(51-68(73(69)80)85(75)59-41-21-7-22-42-59)82(55-33-13-3-14-34-55)56-35-15-4-16-36-56/h1-52H. The molecule has 4 aliphatic rings. The number of thiophene rings is 2. The van der Waals surface area contributed by atoms with Gasteiger partial charge in [-0.15, -0.1) is 11.3 Å². The minimum absolute atomic E-state index is 0.145. The van der Waals surface area contributed by atoms with Crippen molar-refractivity contribution in [2.75, 3.05) is 29.4 Å². The van der Waals surface area contributed by atoms with Crippen molar-refractivity contribution < 1.29 is 0 Å². The van der Waals surface area contributed by atoms with Gasteiger partial charge in [0.25, 0.3) is 13.4 Å². The van der Waals surface area contributed by atoms with Crippen LogP contribution in [0.4, 0.5) is 102 Å². The van der Waals surface area contributed by atoms with E-state index in [4.69, 9.17) is 0 Å². The van der Waals surface area contributed by atoms with Gasteiger partial charge in [-0.2, -0.15) is 11.3 Å². The third-order valence-corrected chi connectivity index (χ3v) is 20.4. The number of anilines is 18. The summed E-state index contributed by atoms with van der Waals surface area (Å²) in [7, 11) is 0. The van der Waals surface area contributed by atoms with Gasteiger partial charge in [0.15, 0.2) is 0 Å². The fourth-order valence-corrected chi connectivity index (χ4v) is 17.2. The van der Waals surface area contributed by atoms with E-state index in [0.29, 0.717) is 0 Å². The number of para-hydroxylation sites is 9. The summed E-state index contributed by atoms with van der Waals surface area (Å²) < 4.78 is 3.91. The van der Waals surface area contributed by atoms with E-state index in [1.807, 2.05) is 22.7 Å². The average Bonchev–Trinajstić information content (AvgIpc) is 1.42. The maximum atomic E-state index is 2.65. The molecule has 0 saturated carbocycles. The quantitative estimate of drug-likeness (QED) is 0.126. The predicted molar refractivity (Wildman–Crippen MR) is 377 cm³/mol.